The third-order valence-corrected chi connectivity index (χ3v) is 5.67. The first-order valence-corrected chi connectivity index (χ1v) is 9.83. The Kier molecular flexibility index (Phi) is 3.88. The third-order valence-electron chi connectivity index (χ3n) is 5.67. The fraction of sp³-hybridized carbons (Fsp3) is 0.476. The first kappa shape index (κ1) is 15.8. The summed E-state index contributed by atoms with van der Waals surface area (Å²) in [5, 5.41) is 0. The first-order chi connectivity index (χ1) is 12.8. The molecule has 0 bridgehead atoms. The zero-order valence-electron chi connectivity index (χ0n) is 15.3. The van der Waals surface area contributed by atoms with Gasteiger partial charge in [-0.05, 0) is 55.2 Å². The highest BCUT2D eigenvalue weighted by molar-refractivity contribution is 5.61. The fourth-order valence-corrected chi connectivity index (χ4v) is 4.02. The molecule has 0 aromatic carbocycles. The molecule has 134 valence electrons. The van der Waals surface area contributed by atoms with Gasteiger partial charge < -0.3 is 4.90 Å². The average molecular weight is 347 g/mol. The van der Waals surface area contributed by atoms with Crippen molar-refractivity contribution in [2.24, 2.45) is 5.92 Å². The van der Waals surface area contributed by atoms with Gasteiger partial charge >= 0.3 is 0 Å². The quantitative estimate of drug-likeness (QED) is 0.709. The van der Waals surface area contributed by atoms with E-state index in [1.807, 2.05) is 18.5 Å². The predicted octanol–water partition coefficient (Wildman–Crippen LogP) is 4.30. The molecule has 26 heavy (non-hydrogen) atoms. The minimum absolute atomic E-state index is 0.696. The number of imidazole rings is 1. The van der Waals surface area contributed by atoms with Crippen molar-refractivity contribution in [1.82, 2.24) is 19.4 Å². The van der Waals surface area contributed by atoms with Crippen molar-refractivity contribution in [3.05, 3.63) is 42.4 Å². The summed E-state index contributed by atoms with van der Waals surface area (Å²) in [4.78, 5) is 16.4. The van der Waals surface area contributed by atoms with Crippen LogP contribution in [0, 0.1) is 5.92 Å². The largest absolute Gasteiger partial charge is 0.341 e. The second-order valence-electron chi connectivity index (χ2n) is 7.90. The third kappa shape index (κ3) is 2.96. The summed E-state index contributed by atoms with van der Waals surface area (Å²) in [6.07, 6.45) is 12.5. The number of rotatable bonds is 3. The first-order valence-electron chi connectivity index (χ1n) is 9.83. The van der Waals surface area contributed by atoms with E-state index < -0.39 is 0 Å². The molecule has 4 heterocycles. The van der Waals surface area contributed by atoms with Gasteiger partial charge in [0.05, 0.1) is 17.6 Å². The Labute approximate surface area is 154 Å². The van der Waals surface area contributed by atoms with E-state index in [4.69, 9.17) is 4.98 Å². The molecule has 1 saturated carbocycles. The molecule has 3 aromatic heterocycles. The lowest BCUT2D eigenvalue weighted by atomic mass is 10.1. The van der Waals surface area contributed by atoms with E-state index in [1.165, 1.54) is 37.7 Å². The molecular weight excluding hydrogens is 322 g/mol. The van der Waals surface area contributed by atoms with Crippen molar-refractivity contribution in [2.45, 2.75) is 44.9 Å². The van der Waals surface area contributed by atoms with Crippen LogP contribution in [-0.2, 0) is 0 Å². The van der Waals surface area contributed by atoms with Crippen LogP contribution in [0.15, 0.2) is 36.8 Å². The molecule has 5 rings (SSSR count). The van der Waals surface area contributed by atoms with Crippen molar-refractivity contribution in [3.63, 3.8) is 0 Å². The molecule has 3 aromatic rings. The summed E-state index contributed by atoms with van der Waals surface area (Å²) < 4.78 is 2.19. The van der Waals surface area contributed by atoms with Gasteiger partial charge in [-0.1, -0.05) is 19.4 Å². The molecule has 1 aliphatic carbocycles. The normalized spacial score (nSPS) is 21.1. The Hall–Kier alpha value is -2.43. The molecule has 5 heteroatoms. The van der Waals surface area contributed by atoms with Gasteiger partial charge in [-0.2, -0.15) is 0 Å². The summed E-state index contributed by atoms with van der Waals surface area (Å²) in [5.74, 6) is 2.28. The molecule has 0 N–H and O–H groups in total. The highest BCUT2D eigenvalue weighted by atomic mass is 15.3. The van der Waals surface area contributed by atoms with Crippen LogP contribution < -0.4 is 4.90 Å². The zero-order valence-corrected chi connectivity index (χ0v) is 15.3. The Morgan fingerprint density at radius 3 is 2.85 bits per heavy atom. The van der Waals surface area contributed by atoms with E-state index in [0.29, 0.717) is 5.92 Å². The van der Waals surface area contributed by atoms with Crippen LogP contribution >= 0.6 is 0 Å². The zero-order chi connectivity index (χ0) is 17.5. The fourth-order valence-electron chi connectivity index (χ4n) is 4.02. The highest BCUT2D eigenvalue weighted by Crippen LogP contribution is 2.40. The van der Waals surface area contributed by atoms with Crippen molar-refractivity contribution in [2.75, 3.05) is 18.0 Å². The molecule has 1 aliphatic heterocycles. The lowest BCUT2D eigenvalue weighted by Gasteiger charge is -2.22. The van der Waals surface area contributed by atoms with E-state index in [2.05, 4.69) is 44.5 Å². The number of pyridine rings is 1. The maximum Gasteiger partial charge on any atom is 0.225 e. The maximum absolute atomic E-state index is 4.91. The van der Waals surface area contributed by atoms with E-state index in [0.717, 1.165) is 42.0 Å². The van der Waals surface area contributed by atoms with Gasteiger partial charge in [-0.15, -0.1) is 0 Å². The topological polar surface area (TPSA) is 46.3 Å². The lowest BCUT2D eigenvalue weighted by molar-refractivity contribution is 0.542. The van der Waals surface area contributed by atoms with Crippen LogP contribution in [0.25, 0.3) is 17.0 Å². The molecular formula is C21H25N5. The highest BCUT2D eigenvalue weighted by Gasteiger charge is 2.24. The number of anilines is 1. The standard InChI is InChI=1S/C21H25N5/c1-15-4-2-3-11-25(13-15)21-22-10-9-18(24-21)19-12-23-20-8-7-17(14-26(19)20)16-5-6-16/h7-10,12,14-16H,2-6,11,13H2,1H3. The maximum atomic E-state index is 4.91. The summed E-state index contributed by atoms with van der Waals surface area (Å²) in [7, 11) is 0. The van der Waals surface area contributed by atoms with Crippen molar-refractivity contribution in [3.8, 4) is 11.4 Å². The molecule has 2 fully saturated rings. The average Bonchev–Trinajstić information content (AvgIpc) is 3.46. The molecule has 1 saturated heterocycles. The van der Waals surface area contributed by atoms with Crippen LogP contribution in [0.1, 0.15) is 50.5 Å². The predicted molar refractivity (Wildman–Crippen MR) is 103 cm³/mol. The minimum Gasteiger partial charge on any atom is -0.341 e. The molecule has 0 amide bonds. The van der Waals surface area contributed by atoms with Gasteiger partial charge in [-0.3, -0.25) is 4.40 Å². The minimum atomic E-state index is 0.696. The van der Waals surface area contributed by atoms with Crippen molar-refractivity contribution in [1.29, 1.82) is 0 Å². The van der Waals surface area contributed by atoms with Crippen LogP contribution in [0.4, 0.5) is 5.95 Å². The van der Waals surface area contributed by atoms with Crippen LogP contribution in [-0.4, -0.2) is 32.4 Å². The molecule has 0 radical (unpaired) electrons. The summed E-state index contributed by atoms with van der Waals surface area (Å²) in [6.45, 7) is 4.42. The molecule has 5 nitrogen and oxygen atoms in total. The monoisotopic (exact) mass is 347 g/mol. The van der Waals surface area contributed by atoms with Crippen LogP contribution in [0.5, 0.6) is 0 Å². The number of hydrogen-bond donors (Lipinski definition) is 0. The summed E-state index contributed by atoms with van der Waals surface area (Å²) in [6, 6.07) is 6.33. The molecule has 2 aliphatic rings. The molecule has 0 spiro atoms. The summed E-state index contributed by atoms with van der Waals surface area (Å²) >= 11 is 0. The molecule has 1 unspecified atom stereocenters. The SMILES string of the molecule is CC1CCCCN(c2nccc(-c3cnc4ccc(C5CC5)cn34)n2)C1. The second-order valence-corrected chi connectivity index (χ2v) is 7.90. The molecule has 1 atom stereocenters. The number of aromatic nitrogens is 4. The van der Waals surface area contributed by atoms with Crippen molar-refractivity contribution < 1.29 is 0 Å². The van der Waals surface area contributed by atoms with Crippen LogP contribution in [0.3, 0.4) is 0 Å². The Morgan fingerprint density at radius 2 is 1.96 bits per heavy atom. The van der Waals surface area contributed by atoms with Gasteiger partial charge in [-0.25, -0.2) is 15.0 Å². The van der Waals surface area contributed by atoms with Crippen LogP contribution in [0.2, 0.25) is 0 Å². The number of fused-ring (bicyclic) bond motifs is 1. The summed E-state index contributed by atoms with van der Waals surface area (Å²) in [5.41, 5.74) is 4.39. The number of nitrogens with zero attached hydrogens (tertiary/aromatic N) is 5. The van der Waals surface area contributed by atoms with E-state index in [9.17, 15) is 0 Å². The van der Waals surface area contributed by atoms with E-state index >= 15 is 0 Å². The van der Waals surface area contributed by atoms with Crippen molar-refractivity contribution >= 4 is 11.6 Å². The van der Waals surface area contributed by atoms with Gasteiger partial charge in [0.25, 0.3) is 0 Å². The van der Waals surface area contributed by atoms with Gasteiger partial charge in [0, 0.05) is 25.5 Å². The Bertz CT molecular complexity index is 927. The van der Waals surface area contributed by atoms with E-state index in [1.54, 1.807) is 0 Å². The van der Waals surface area contributed by atoms with E-state index in [-0.39, 0.29) is 0 Å². The smallest absolute Gasteiger partial charge is 0.225 e. The Balaban J connectivity index is 1.52. The lowest BCUT2D eigenvalue weighted by Crippen LogP contribution is -2.29. The van der Waals surface area contributed by atoms with Gasteiger partial charge in [0.1, 0.15) is 5.65 Å². The number of hydrogen-bond acceptors (Lipinski definition) is 4. The Morgan fingerprint density at radius 1 is 1.04 bits per heavy atom. The van der Waals surface area contributed by atoms with Gasteiger partial charge in [0.2, 0.25) is 5.95 Å². The second kappa shape index (κ2) is 6.38. The van der Waals surface area contributed by atoms with Gasteiger partial charge in [0.15, 0.2) is 0 Å².